The first kappa shape index (κ1) is 19.8. The summed E-state index contributed by atoms with van der Waals surface area (Å²) in [5.41, 5.74) is 3.78. The fourth-order valence-electron chi connectivity index (χ4n) is 5.16. The van der Waals surface area contributed by atoms with Gasteiger partial charge in [0.1, 0.15) is 0 Å². The van der Waals surface area contributed by atoms with Crippen LogP contribution < -0.4 is 0 Å². The number of hydrogen-bond acceptors (Lipinski definition) is 3. The average Bonchev–Trinajstić information content (AvgIpc) is 2.65. The first-order valence-corrected chi connectivity index (χ1v) is 10.2. The lowest BCUT2D eigenvalue weighted by Gasteiger charge is -2.45. The lowest BCUT2D eigenvalue weighted by Crippen LogP contribution is -2.35. The van der Waals surface area contributed by atoms with Crippen LogP contribution in [0.1, 0.15) is 68.6 Å². The van der Waals surface area contributed by atoms with E-state index in [1.807, 2.05) is 6.08 Å². The highest BCUT2D eigenvalue weighted by molar-refractivity contribution is 5.87. The van der Waals surface area contributed by atoms with Gasteiger partial charge in [-0.15, -0.1) is 0 Å². The Morgan fingerprint density at radius 3 is 2.81 bits per heavy atom. The molecule has 1 aromatic carbocycles. The maximum absolute atomic E-state index is 12.8. The second kappa shape index (κ2) is 8.81. The van der Waals surface area contributed by atoms with E-state index >= 15 is 0 Å². The van der Waals surface area contributed by atoms with Gasteiger partial charge in [-0.05, 0) is 85.5 Å². The van der Waals surface area contributed by atoms with Gasteiger partial charge >= 0.3 is 12.0 Å². The molecule has 0 saturated heterocycles. The number of ether oxygens (including phenoxy) is 1. The molecule has 27 heavy (non-hydrogen) atoms. The van der Waals surface area contributed by atoms with E-state index in [0.717, 1.165) is 31.2 Å². The van der Waals surface area contributed by atoms with Crippen molar-refractivity contribution in [3.8, 4) is 0 Å². The Balaban J connectivity index is 1.76. The summed E-state index contributed by atoms with van der Waals surface area (Å²) in [6.07, 6.45) is 8.41. The van der Waals surface area contributed by atoms with Crippen molar-refractivity contribution >= 4 is 18.1 Å². The lowest BCUT2D eigenvalue weighted by molar-refractivity contribution is -0.137. The van der Waals surface area contributed by atoms with Crippen LogP contribution in [-0.4, -0.2) is 18.6 Å². The maximum Gasteiger partial charge on any atom is 0.330 e. The van der Waals surface area contributed by atoms with Crippen LogP contribution in [0.2, 0.25) is 0 Å². The number of aryl methyl sites for hydroxylation is 1. The number of hydrogen-bond donors (Lipinski definition) is 0. The normalized spacial score (nSPS) is 27.1. The zero-order chi connectivity index (χ0) is 19.4. The van der Waals surface area contributed by atoms with E-state index in [-0.39, 0.29) is 12.4 Å². The molecule has 4 unspecified atom stereocenters. The van der Waals surface area contributed by atoms with Crippen LogP contribution in [0, 0.1) is 17.8 Å². The molecule has 0 heterocycles. The van der Waals surface area contributed by atoms with Crippen LogP contribution >= 0.6 is 0 Å². The fraction of sp³-hybridized carbons (Fsp3) is 0.565. The summed E-state index contributed by atoms with van der Waals surface area (Å²) in [7, 11) is 0. The van der Waals surface area contributed by atoms with Crippen molar-refractivity contribution in [1.82, 2.24) is 0 Å². The van der Waals surface area contributed by atoms with Crippen molar-refractivity contribution in [2.45, 2.75) is 58.3 Å². The summed E-state index contributed by atoms with van der Waals surface area (Å²) in [6, 6.07) is 5.26. The molecule has 2 aliphatic carbocycles. The van der Waals surface area contributed by atoms with Gasteiger partial charge in [-0.2, -0.15) is 4.39 Å². The van der Waals surface area contributed by atoms with E-state index < -0.39 is 6.04 Å². The zero-order valence-electron chi connectivity index (χ0n) is 16.2. The van der Waals surface area contributed by atoms with Crippen molar-refractivity contribution in [3.63, 3.8) is 0 Å². The minimum Gasteiger partial charge on any atom is -0.463 e. The number of carbonyl (C=O) groups excluding carboxylic acids is 2. The molecule has 1 saturated carbocycles. The molecule has 0 amide bonds. The third-order valence-electron chi connectivity index (χ3n) is 6.42. The van der Waals surface area contributed by atoms with E-state index in [0.29, 0.717) is 36.7 Å². The van der Waals surface area contributed by atoms with E-state index in [1.54, 1.807) is 6.92 Å². The third kappa shape index (κ3) is 4.66. The van der Waals surface area contributed by atoms with Gasteiger partial charge in [-0.1, -0.05) is 25.1 Å². The number of halogens is 1. The lowest BCUT2D eigenvalue weighted by atomic mass is 9.59. The second-order valence-corrected chi connectivity index (χ2v) is 7.96. The largest absolute Gasteiger partial charge is 0.463 e. The van der Waals surface area contributed by atoms with Gasteiger partial charge in [-0.3, -0.25) is 4.79 Å². The summed E-state index contributed by atoms with van der Waals surface area (Å²) in [5, 5.41) is 0. The number of rotatable bonds is 6. The molecule has 146 valence electrons. The highest BCUT2D eigenvalue weighted by Gasteiger charge is 2.40. The highest BCUT2D eigenvalue weighted by Crippen LogP contribution is 2.51. The van der Waals surface area contributed by atoms with Crippen molar-refractivity contribution < 1.29 is 18.7 Å². The van der Waals surface area contributed by atoms with Gasteiger partial charge in [0, 0.05) is 12.5 Å². The van der Waals surface area contributed by atoms with E-state index in [9.17, 15) is 14.0 Å². The minimum atomic E-state index is -1.18. The Labute approximate surface area is 161 Å². The SMILES string of the molecule is CCOC(=O)/C=C/c1ccc2c(c1)CCC1C2CCC(C)C1CCC(=O)F. The molecule has 0 aromatic heterocycles. The summed E-state index contributed by atoms with van der Waals surface area (Å²) in [4.78, 5) is 22.3. The van der Waals surface area contributed by atoms with Crippen LogP contribution in [0.15, 0.2) is 24.3 Å². The van der Waals surface area contributed by atoms with Crippen LogP contribution in [0.3, 0.4) is 0 Å². The van der Waals surface area contributed by atoms with Crippen molar-refractivity contribution in [3.05, 3.63) is 41.0 Å². The molecule has 4 heteroatoms. The summed E-state index contributed by atoms with van der Waals surface area (Å²) in [5.74, 6) is 1.72. The molecule has 1 fully saturated rings. The van der Waals surface area contributed by atoms with E-state index in [2.05, 4.69) is 25.1 Å². The molecule has 1 aromatic rings. The minimum absolute atomic E-state index is 0.0582. The predicted molar refractivity (Wildman–Crippen MR) is 104 cm³/mol. The predicted octanol–water partition coefficient (Wildman–Crippen LogP) is 5.23. The van der Waals surface area contributed by atoms with Crippen LogP contribution in [0.4, 0.5) is 4.39 Å². The average molecular weight is 372 g/mol. The van der Waals surface area contributed by atoms with Crippen LogP contribution in [0.5, 0.6) is 0 Å². The third-order valence-corrected chi connectivity index (χ3v) is 6.42. The highest BCUT2D eigenvalue weighted by atomic mass is 19.1. The molecule has 3 nitrogen and oxygen atoms in total. The number of esters is 1. The second-order valence-electron chi connectivity index (χ2n) is 7.96. The monoisotopic (exact) mass is 372 g/mol. The van der Waals surface area contributed by atoms with Crippen molar-refractivity contribution in [2.24, 2.45) is 17.8 Å². The van der Waals surface area contributed by atoms with Crippen molar-refractivity contribution in [2.75, 3.05) is 6.61 Å². The fourth-order valence-corrected chi connectivity index (χ4v) is 5.16. The Kier molecular flexibility index (Phi) is 6.46. The summed E-state index contributed by atoms with van der Waals surface area (Å²) < 4.78 is 17.7. The number of benzene rings is 1. The van der Waals surface area contributed by atoms with Gasteiger partial charge in [0.2, 0.25) is 0 Å². The molecule has 0 aliphatic heterocycles. The molecule has 0 radical (unpaired) electrons. The van der Waals surface area contributed by atoms with Crippen LogP contribution in [0.25, 0.3) is 6.08 Å². The topological polar surface area (TPSA) is 43.4 Å². The molecule has 3 rings (SSSR count). The first-order valence-electron chi connectivity index (χ1n) is 10.2. The smallest absolute Gasteiger partial charge is 0.330 e. The zero-order valence-corrected chi connectivity index (χ0v) is 16.2. The molecule has 0 bridgehead atoms. The van der Waals surface area contributed by atoms with Gasteiger partial charge in [0.05, 0.1) is 6.61 Å². The van der Waals surface area contributed by atoms with E-state index in [1.165, 1.54) is 17.2 Å². The maximum atomic E-state index is 12.8. The Morgan fingerprint density at radius 2 is 2.07 bits per heavy atom. The van der Waals surface area contributed by atoms with E-state index in [4.69, 9.17) is 4.74 Å². The van der Waals surface area contributed by atoms with Crippen LogP contribution in [-0.2, 0) is 20.7 Å². The molecule has 4 atom stereocenters. The Bertz CT molecular complexity index is 724. The number of fused-ring (bicyclic) bond motifs is 3. The molecular weight excluding hydrogens is 343 g/mol. The first-order chi connectivity index (χ1) is 13.0. The molecule has 0 N–H and O–H groups in total. The standard InChI is InChI=1S/C23H29FO3/c1-3-27-23(26)13-6-16-5-9-19-17(14-16)7-10-20-18(11-12-22(24)25)15(2)4-8-21(19)20/h5-6,9,13-15,18,20-21H,3-4,7-8,10-12H2,1-2H3/b13-6+. The van der Waals surface area contributed by atoms with Gasteiger partial charge in [0.15, 0.2) is 0 Å². The Hall–Kier alpha value is -1.97. The number of carbonyl (C=O) groups is 2. The molecule has 2 aliphatic rings. The quantitative estimate of drug-likeness (QED) is 0.390. The van der Waals surface area contributed by atoms with Gasteiger partial charge in [0.25, 0.3) is 0 Å². The summed E-state index contributed by atoms with van der Waals surface area (Å²) >= 11 is 0. The summed E-state index contributed by atoms with van der Waals surface area (Å²) in [6.45, 7) is 4.43. The molecular formula is C23H29FO3. The molecule has 0 spiro atoms. The van der Waals surface area contributed by atoms with Crippen molar-refractivity contribution in [1.29, 1.82) is 0 Å². The van der Waals surface area contributed by atoms with Gasteiger partial charge < -0.3 is 4.74 Å². The Morgan fingerprint density at radius 1 is 1.26 bits per heavy atom. The van der Waals surface area contributed by atoms with Gasteiger partial charge in [-0.25, -0.2) is 4.79 Å².